The lowest BCUT2D eigenvalue weighted by molar-refractivity contribution is -0.136. The van der Waals surface area contributed by atoms with E-state index in [1.54, 1.807) is 0 Å². The molecule has 5 heteroatoms. The van der Waals surface area contributed by atoms with Gasteiger partial charge in [-0.05, 0) is 12.0 Å². The van der Waals surface area contributed by atoms with Crippen LogP contribution in [0.25, 0.3) is 0 Å². The molecule has 0 aromatic heterocycles. The molecule has 1 atom stereocenters. The molecule has 0 saturated carbocycles. The van der Waals surface area contributed by atoms with Gasteiger partial charge in [0, 0.05) is 11.3 Å². The highest BCUT2D eigenvalue weighted by atomic mass is 32.2. The number of benzene rings is 1. The zero-order chi connectivity index (χ0) is 12.8. The SMILES string of the molecule is CCC(SCc1ccccc1C(N)=S)C(=O)O. The number of carbonyl (C=O) groups is 1. The molecule has 0 aliphatic carbocycles. The second-order valence-corrected chi connectivity index (χ2v) is 5.20. The van der Waals surface area contributed by atoms with Gasteiger partial charge in [0.1, 0.15) is 10.2 Å². The molecule has 1 aromatic carbocycles. The van der Waals surface area contributed by atoms with E-state index in [2.05, 4.69) is 0 Å². The fraction of sp³-hybridized carbons (Fsp3) is 0.333. The van der Waals surface area contributed by atoms with Gasteiger partial charge in [-0.25, -0.2) is 0 Å². The van der Waals surface area contributed by atoms with Crippen LogP contribution in [0.15, 0.2) is 24.3 Å². The van der Waals surface area contributed by atoms with Crippen LogP contribution < -0.4 is 5.73 Å². The summed E-state index contributed by atoms with van der Waals surface area (Å²) in [6.45, 7) is 1.87. The highest BCUT2D eigenvalue weighted by Gasteiger charge is 2.16. The molecule has 0 heterocycles. The van der Waals surface area contributed by atoms with Crippen LogP contribution in [-0.2, 0) is 10.5 Å². The van der Waals surface area contributed by atoms with Crippen molar-refractivity contribution in [3.8, 4) is 0 Å². The van der Waals surface area contributed by atoms with Gasteiger partial charge in [-0.3, -0.25) is 4.79 Å². The predicted octanol–water partition coefficient (Wildman–Crippen LogP) is 2.42. The summed E-state index contributed by atoms with van der Waals surface area (Å²) in [5.41, 5.74) is 7.44. The average molecular weight is 269 g/mol. The van der Waals surface area contributed by atoms with Gasteiger partial charge in [0.15, 0.2) is 0 Å². The summed E-state index contributed by atoms with van der Waals surface area (Å²) in [6.07, 6.45) is 0.606. The Morgan fingerprint density at radius 3 is 2.71 bits per heavy atom. The Hall–Kier alpha value is -1.07. The first kappa shape index (κ1) is 14.0. The highest BCUT2D eigenvalue weighted by molar-refractivity contribution is 7.99. The van der Waals surface area contributed by atoms with Crippen molar-refractivity contribution in [2.75, 3.05) is 0 Å². The van der Waals surface area contributed by atoms with Crippen molar-refractivity contribution in [2.45, 2.75) is 24.3 Å². The number of thiocarbonyl (C=S) groups is 1. The van der Waals surface area contributed by atoms with Crippen LogP contribution in [0.1, 0.15) is 24.5 Å². The summed E-state index contributed by atoms with van der Waals surface area (Å²) >= 11 is 6.36. The molecule has 3 N–H and O–H groups in total. The third-order valence-electron chi connectivity index (χ3n) is 2.37. The fourth-order valence-electron chi connectivity index (χ4n) is 1.44. The lowest BCUT2D eigenvalue weighted by atomic mass is 10.1. The minimum absolute atomic E-state index is 0.351. The first-order chi connectivity index (χ1) is 8.06. The molecule has 0 aliphatic heterocycles. The maximum absolute atomic E-state index is 10.9. The van der Waals surface area contributed by atoms with Crippen molar-refractivity contribution in [2.24, 2.45) is 5.73 Å². The minimum atomic E-state index is -0.773. The molecule has 0 amide bonds. The standard InChI is InChI=1S/C12H15NO2S2/c1-2-10(12(14)15)17-7-8-5-3-4-6-9(8)11(13)16/h3-6,10H,2,7H2,1H3,(H2,13,16)(H,14,15). The summed E-state index contributed by atoms with van der Waals surface area (Å²) < 4.78 is 0. The molecular formula is C12H15NO2S2. The summed E-state index contributed by atoms with van der Waals surface area (Å²) in [5.74, 6) is -0.163. The lowest BCUT2D eigenvalue weighted by Gasteiger charge is -2.11. The summed E-state index contributed by atoms with van der Waals surface area (Å²) in [5, 5.41) is 8.58. The van der Waals surface area contributed by atoms with E-state index < -0.39 is 5.97 Å². The molecular weight excluding hydrogens is 254 g/mol. The maximum atomic E-state index is 10.9. The third-order valence-corrected chi connectivity index (χ3v) is 4.00. The Labute approximate surface area is 110 Å². The number of rotatable bonds is 6. The van der Waals surface area contributed by atoms with E-state index in [9.17, 15) is 4.79 Å². The van der Waals surface area contributed by atoms with E-state index in [1.807, 2.05) is 31.2 Å². The summed E-state index contributed by atoms with van der Waals surface area (Å²) in [6, 6.07) is 7.56. The van der Waals surface area contributed by atoms with Crippen LogP contribution in [-0.4, -0.2) is 21.3 Å². The second-order valence-electron chi connectivity index (χ2n) is 3.57. The van der Waals surface area contributed by atoms with Gasteiger partial charge < -0.3 is 10.8 Å². The number of aliphatic carboxylic acids is 1. The zero-order valence-corrected chi connectivity index (χ0v) is 11.2. The van der Waals surface area contributed by atoms with Crippen LogP contribution in [0.4, 0.5) is 0 Å². The van der Waals surface area contributed by atoms with Crippen molar-refractivity contribution in [1.29, 1.82) is 0 Å². The van der Waals surface area contributed by atoms with Crippen molar-refractivity contribution < 1.29 is 9.90 Å². The van der Waals surface area contributed by atoms with Gasteiger partial charge in [-0.1, -0.05) is 43.4 Å². The van der Waals surface area contributed by atoms with E-state index in [0.717, 1.165) is 11.1 Å². The molecule has 17 heavy (non-hydrogen) atoms. The van der Waals surface area contributed by atoms with Gasteiger partial charge in [-0.2, -0.15) is 0 Å². The molecule has 0 saturated heterocycles. The highest BCUT2D eigenvalue weighted by Crippen LogP contribution is 2.22. The molecule has 92 valence electrons. The number of hydrogen-bond acceptors (Lipinski definition) is 3. The first-order valence-electron chi connectivity index (χ1n) is 5.28. The molecule has 1 rings (SSSR count). The van der Waals surface area contributed by atoms with Gasteiger partial charge in [0.2, 0.25) is 0 Å². The Balaban J connectivity index is 2.75. The van der Waals surface area contributed by atoms with Crippen LogP contribution in [0, 0.1) is 0 Å². The van der Waals surface area contributed by atoms with E-state index in [4.69, 9.17) is 23.1 Å². The van der Waals surface area contributed by atoms with Crippen LogP contribution in [0.5, 0.6) is 0 Å². The van der Waals surface area contributed by atoms with Crippen molar-refractivity contribution >= 4 is 34.9 Å². The predicted molar refractivity (Wildman–Crippen MR) is 75.3 cm³/mol. The van der Waals surface area contributed by atoms with Crippen LogP contribution >= 0.6 is 24.0 Å². The van der Waals surface area contributed by atoms with Gasteiger partial charge in [0.05, 0.1) is 0 Å². The van der Waals surface area contributed by atoms with E-state index in [1.165, 1.54) is 11.8 Å². The summed E-state index contributed by atoms with van der Waals surface area (Å²) in [4.78, 5) is 11.3. The van der Waals surface area contributed by atoms with Gasteiger partial charge in [-0.15, -0.1) is 11.8 Å². The average Bonchev–Trinajstić information content (AvgIpc) is 2.29. The third kappa shape index (κ3) is 4.02. The monoisotopic (exact) mass is 269 g/mol. The van der Waals surface area contributed by atoms with E-state index in [0.29, 0.717) is 17.2 Å². The maximum Gasteiger partial charge on any atom is 0.316 e. The quantitative estimate of drug-likeness (QED) is 0.777. The molecule has 1 unspecified atom stereocenters. The van der Waals surface area contributed by atoms with Crippen LogP contribution in [0.3, 0.4) is 0 Å². The van der Waals surface area contributed by atoms with Crippen LogP contribution in [0.2, 0.25) is 0 Å². The van der Waals surface area contributed by atoms with Crippen molar-refractivity contribution in [3.63, 3.8) is 0 Å². The molecule has 0 spiro atoms. The van der Waals surface area contributed by atoms with Gasteiger partial charge >= 0.3 is 5.97 Å². The number of nitrogens with two attached hydrogens (primary N) is 1. The number of thioether (sulfide) groups is 1. The lowest BCUT2D eigenvalue weighted by Crippen LogP contribution is -2.16. The van der Waals surface area contributed by atoms with Gasteiger partial charge in [0.25, 0.3) is 0 Å². The Morgan fingerprint density at radius 2 is 2.18 bits per heavy atom. The zero-order valence-electron chi connectivity index (χ0n) is 9.55. The second kappa shape index (κ2) is 6.61. The molecule has 3 nitrogen and oxygen atoms in total. The largest absolute Gasteiger partial charge is 0.480 e. The summed E-state index contributed by atoms with van der Waals surface area (Å²) in [7, 11) is 0. The fourth-order valence-corrected chi connectivity index (χ4v) is 2.65. The Morgan fingerprint density at radius 1 is 1.53 bits per heavy atom. The normalized spacial score (nSPS) is 12.1. The molecule has 1 aromatic rings. The Kier molecular flexibility index (Phi) is 5.44. The Bertz CT molecular complexity index is 421. The number of carboxylic acids is 1. The molecule has 0 radical (unpaired) electrons. The molecule has 0 fully saturated rings. The van der Waals surface area contributed by atoms with Crippen molar-refractivity contribution in [1.82, 2.24) is 0 Å². The minimum Gasteiger partial charge on any atom is -0.480 e. The molecule has 0 aliphatic rings. The van der Waals surface area contributed by atoms with E-state index in [-0.39, 0.29) is 5.25 Å². The molecule has 0 bridgehead atoms. The van der Waals surface area contributed by atoms with E-state index >= 15 is 0 Å². The first-order valence-corrected chi connectivity index (χ1v) is 6.74. The van der Waals surface area contributed by atoms with Crippen molar-refractivity contribution in [3.05, 3.63) is 35.4 Å². The number of carboxylic acid groups (broad SMARTS) is 1. The topological polar surface area (TPSA) is 63.3 Å². The smallest absolute Gasteiger partial charge is 0.316 e. The number of hydrogen-bond donors (Lipinski definition) is 2.